The highest BCUT2D eigenvalue weighted by Crippen LogP contribution is 2.33. The van der Waals surface area contributed by atoms with Crippen molar-refractivity contribution in [2.24, 2.45) is 0 Å². The van der Waals surface area contributed by atoms with E-state index < -0.39 is 5.97 Å². The molecule has 0 radical (unpaired) electrons. The van der Waals surface area contributed by atoms with E-state index in [-0.39, 0.29) is 0 Å². The minimum Gasteiger partial charge on any atom is -0.495 e. The maximum atomic E-state index is 11.7. The second-order valence-corrected chi connectivity index (χ2v) is 4.49. The summed E-state index contributed by atoms with van der Waals surface area (Å²) in [7, 11) is 4.85. The lowest BCUT2D eigenvalue weighted by Gasteiger charge is -2.22. The van der Waals surface area contributed by atoms with Crippen LogP contribution in [-0.2, 0) is 4.74 Å². The number of nitrogens with zero attached hydrogens (tertiary/aromatic N) is 1. The van der Waals surface area contributed by atoms with Crippen LogP contribution in [0.1, 0.15) is 10.4 Å². The van der Waals surface area contributed by atoms with Crippen molar-refractivity contribution in [2.45, 2.75) is 0 Å². The average molecular weight is 286 g/mol. The van der Waals surface area contributed by atoms with E-state index in [2.05, 4.69) is 0 Å². The Kier molecular flexibility index (Phi) is 4.33. The van der Waals surface area contributed by atoms with Crippen molar-refractivity contribution in [2.75, 3.05) is 31.9 Å². The maximum absolute atomic E-state index is 11.7. The van der Waals surface area contributed by atoms with Crippen molar-refractivity contribution in [1.29, 1.82) is 0 Å². The highest BCUT2D eigenvalue weighted by atomic mass is 16.5. The molecule has 0 saturated carbocycles. The van der Waals surface area contributed by atoms with Gasteiger partial charge in [0.05, 0.1) is 25.5 Å². The van der Waals surface area contributed by atoms with Crippen LogP contribution in [0.3, 0.4) is 0 Å². The van der Waals surface area contributed by atoms with E-state index >= 15 is 0 Å². The standard InChI is InChI=1S/C16H18N2O3/c1-18(14-6-4-5-7-15(14)20-2)11-8-9-13(17)12(10-11)16(19)21-3/h4-10H,17H2,1-3H3. The molecule has 21 heavy (non-hydrogen) atoms. The van der Waals surface area contributed by atoms with E-state index in [1.807, 2.05) is 42.3 Å². The highest BCUT2D eigenvalue weighted by molar-refractivity contribution is 5.96. The van der Waals surface area contributed by atoms with Crippen molar-refractivity contribution in [3.63, 3.8) is 0 Å². The molecule has 5 heteroatoms. The summed E-state index contributed by atoms with van der Waals surface area (Å²) in [6.45, 7) is 0. The van der Waals surface area contributed by atoms with Crippen LogP contribution >= 0.6 is 0 Å². The predicted octanol–water partition coefficient (Wildman–Crippen LogP) is 2.83. The average Bonchev–Trinajstić information content (AvgIpc) is 2.53. The molecule has 110 valence electrons. The smallest absolute Gasteiger partial charge is 0.340 e. The van der Waals surface area contributed by atoms with Crippen molar-refractivity contribution in [1.82, 2.24) is 0 Å². The normalized spacial score (nSPS) is 10.0. The Morgan fingerprint density at radius 3 is 2.52 bits per heavy atom. The zero-order valence-corrected chi connectivity index (χ0v) is 12.3. The van der Waals surface area contributed by atoms with Crippen LogP contribution in [-0.4, -0.2) is 27.2 Å². The molecule has 0 fully saturated rings. The van der Waals surface area contributed by atoms with Crippen LogP contribution in [0, 0.1) is 0 Å². The lowest BCUT2D eigenvalue weighted by Crippen LogP contribution is -2.13. The zero-order valence-electron chi connectivity index (χ0n) is 12.3. The van der Waals surface area contributed by atoms with Crippen LogP contribution in [0.2, 0.25) is 0 Å². The number of anilines is 3. The number of benzene rings is 2. The Balaban J connectivity index is 2.44. The van der Waals surface area contributed by atoms with Gasteiger partial charge < -0.3 is 20.1 Å². The first-order chi connectivity index (χ1) is 10.1. The molecule has 0 aliphatic carbocycles. The van der Waals surface area contributed by atoms with Crippen molar-refractivity contribution in [3.8, 4) is 5.75 Å². The Morgan fingerprint density at radius 2 is 1.86 bits per heavy atom. The fourth-order valence-corrected chi connectivity index (χ4v) is 2.09. The molecular weight excluding hydrogens is 268 g/mol. The van der Waals surface area contributed by atoms with E-state index in [1.165, 1.54) is 7.11 Å². The summed E-state index contributed by atoms with van der Waals surface area (Å²) < 4.78 is 10.1. The molecule has 0 aliphatic heterocycles. The number of methoxy groups -OCH3 is 2. The molecule has 2 rings (SSSR count). The van der Waals surface area contributed by atoms with Gasteiger partial charge in [-0.3, -0.25) is 0 Å². The quantitative estimate of drug-likeness (QED) is 0.691. The van der Waals surface area contributed by atoms with Gasteiger partial charge in [-0.25, -0.2) is 4.79 Å². The minimum absolute atomic E-state index is 0.344. The number of carbonyl (C=O) groups is 1. The SMILES string of the molecule is COC(=O)c1cc(N(C)c2ccccc2OC)ccc1N. The molecule has 0 spiro atoms. The van der Waals surface area contributed by atoms with E-state index in [9.17, 15) is 4.79 Å². The molecule has 2 aromatic rings. The Labute approximate surface area is 123 Å². The molecule has 0 amide bonds. The number of ether oxygens (including phenoxy) is 2. The van der Waals surface area contributed by atoms with Gasteiger partial charge in [-0.1, -0.05) is 12.1 Å². The largest absolute Gasteiger partial charge is 0.495 e. The number of rotatable bonds is 4. The van der Waals surface area contributed by atoms with Crippen molar-refractivity contribution in [3.05, 3.63) is 48.0 Å². The second-order valence-electron chi connectivity index (χ2n) is 4.49. The van der Waals surface area contributed by atoms with Crippen LogP contribution in [0.5, 0.6) is 5.75 Å². The summed E-state index contributed by atoms with van der Waals surface area (Å²) in [6, 6.07) is 12.9. The molecule has 2 N–H and O–H groups in total. The topological polar surface area (TPSA) is 64.8 Å². The van der Waals surface area contributed by atoms with E-state index in [1.54, 1.807) is 19.2 Å². The molecule has 0 heterocycles. The third-order valence-electron chi connectivity index (χ3n) is 3.28. The molecule has 0 aliphatic rings. The van der Waals surface area contributed by atoms with Crippen molar-refractivity contribution >= 4 is 23.0 Å². The van der Waals surface area contributed by atoms with E-state index in [4.69, 9.17) is 15.2 Å². The van der Waals surface area contributed by atoms with Gasteiger partial charge in [0.25, 0.3) is 0 Å². The highest BCUT2D eigenvalue weighted by Gasteiger charge is 2.14. The van der Waals surface area contributed by atoms with Crippen molar-refractivity contribution < 1.29 is 14.3 Å². The Morgan fingerprint density at radius 1 is 1.14 bits per heavy atom. The predicted molar refractivity (Wildman–Crippen MR) is 83.3 cm³/mol. The summed E-state index contributed by atoms with van der Waals surface area (Å²) in [5.41, 5.74) is 8.25. The third kappa shape index (κ3) is 2.91. The van der Waals surface area contributed by atoms with Gasteiger partial charge >= 0.3 is 5.97 Å². The van der Waals surface area contributed by atoms with Crippen LogP contribution in [0.15, 0.2) is 42.5 Å². The number of nitrogens with two attached hydrogens (primary N) is 1. The third-order valence-corrected chi connectivity index (χ3v) is 3.28. The Hall–Kier alpha value is -2.69. The first-order valence-corrected chi connectivity index (χ1v) is 6.43. The van der Waals surface area contributed by atoms with Gasteiger partial charge in [0.2, 0.25) is 0 Å². The monoisotopic (exact) mass is 286 g/mol. The van der Waals surface area contributed by atoms with Crippen LogP contribution in [0.4, 0.5) is 17.1 Å². The summed E-state index contributed by atoms with van der Waals surface area (Å²) in [4.78, 5) is 13.6. The lowest BCUT2D eigenvalue weighted by atomic mass is 10.1. The zero-order chi connectivity index (χ0) is 15.4. The van der Waals surface area contributed by atoms with Gasteiger partial charge in [-0.05, 0) is 30.3 Å². The molecule has 0 aromatic heterocycles. The number of hydrogen-bond donors (Lipinski definition) is 1. The van der Waals surface area contributed by atoms with Crippen LogP contribution in [0.25, 0.3) is 0 Å². The molecular formula is C16H18N2O3. The molecule has 0 atom stereocenters. The second kappa shape index (κ2) is 6.17. The molecule has 0 saturated heterocycles. The van der Waals surface area contributed by atoms with Gasteiger partial charge in [0.15, 0.2) is 0 Å². The minimum atomic E-state index is -0.456. The lowest BCUT2D eigenvalue weighted by molar-refractivity contribution is 0.0602. The summed E-state index contributed by atoms with van der Waals surface area (Å²) in [5, 5.41) is 0. The first-order valence-electron chi connectivity index (χ1n) is 6.43. The van der Waals surface area contributed by atoms with Gasteiger partial charge in [-0.15, -0.1) is 0 Å². The Bertz CT molecular complexity index is 656. The number of carbonyl (C=O) groups excluding carboxylic acids is 1. The first kappa shape index (κ1) is 14.7. The summed E-state index contributed by atoms with van der Waals surface area (Å²) in [5.74, 6) is 0.291. The molecule has 0 bridgehead atoms. The number of hydrogen-bond acceptors (Lipinski definition) is 5. The number of nitrogen functional groups attached to an aromatic ring is 1. The van der Waals surface area contributed by atoms with Gasteiger partial charge in [0.1, 0.15) is 5.75 Å². The van der Waals surface area contributed by atoms with Gasteiger partial charge in [0, 0.05) is 18.4 Å². The number of esters is 1. The van der Waals surface area contributed by atoms with Gasteiger partial charge in [-0.2, -0.15) is 0 Å². The summed E-state index contributed by atoms with van der Waals surface area (Å²) in [6.07, 6.45) is 0. The van der Waals surface area contributed by atoms with E-state index in [0.29, 0.717) is 11.3 Å². The maximum Gasteiger partial charge on any atom is 0.340 e. The van der Waals surface area contributed by atoms with Crippen LogP contribution < -0.4 is 15.4 Å². The molecule has 0 unspecified atom stereocenters. The van der Waals surface area contributed by atoms with E-state index in [0.717, 1.165) is 17.1 Å². The fraction of sp³-hybridized carbons (Fsp3) is 0.188. The molecule has 2 aromatic carbocycles. The number of para-hydroxylation sites is 2. The summed E-state index contributed by atoms with van der Waals surface area (Å²) >= 11 is 0. The fourth-order valence-electron chi connectivity index (χ4n) is 2.09. The molecule has 5 nitrogen and oxygen atoms in total.